The normalized spacial score (nSPS) is 28.8. The van der Waals surface area contributed by atoms with E-state index in [2.05, 4.69) is 10.3 Å². The highest BCUT2D eigenvalue weighted by molar-refractivity contribution is 6.03. The molecule has 2 aromatic rings. The van der Waals surface area contributed by atoms with E-state index in [1.807, 2.05) is 0 Å². The van der Waals surface area contributed by atoms with Crippen molar-refractivity contribution in [2.45, 2.75) is 24.4 Å². The molecule has 4 heterocycles. The van der Waals surface area contributed by atoms with Crippen molar-refractivity contribution in [1.82, 2.24) is 10.3 Å². The van der Waals surface area contributed by atoms with Gasteiger partial charge in [0, 0.05) is 11.9 Å². The number of nitrogens with one attached hydrogen (secondary N) is 1. The summed E-state index contributed by atoms with van der Waals surface area (Å²) in [5.41, 5.74) is -1.04. The fourth-order valence-electron chi connectivity index (χ4n) is 4.66. The van der Waals surface area contributed by atoms with E-state index in [0.29, 0.717) is 5.69 Å². The lowest BCUT2D eigenvalue weighted by Gasteiger charge is -2.23. The third kappa shape index (κ3) is 3.20. The van der Waals surface area contributed by atoms with Crippen LogP contribution >= 0.6 is 0 Å². The number of aromatic nitrogens is 1. The number of fused-ring (bicyclic) bond motifs is 1. The molecule has 0 unspecified atom stereocenters. The van der Waals surface area contributed by atoms with Gasteiger partial charge >= 0.3 is 6.18 Å². The van der Waals surface area contributed by atoms with E-state index in [1.54, 1.807) is 36.5 Å². The van der Waals surface area contributed by atoms with Crippen LogP contribution < -0.4 is 10.2 Å². The van der Waals surface area contributed by atoms with Crippen LogP contribution in [0.15, 0.2) is 60.8 Å². The van der Waals surface area contributed by atoms with Gasteiger partial charge < -0.3 is 15.0 Å². The molecule has 2 saturated heterocycles. The highest BCUT2D eigenvalue weighted by Crippen LogP contribution is 2.52. The standard InChI is InChI=1S/C22H18F3N3O3/c23-22(24,25)13-4-3-6-15(10-13)28-12-21-8-7-16(31-21)17(18(21)20(28)30)19(29)27-11-14-5-1-2-9-26-14/h1-10,16-18H,11-12H2,(H,27,29)/t16-,17+,18-,21+/m1/s1. The summed E-state index contributed by atoms with van der Waals surface area (Å²) >= 11 is 0. The van der Waals surface area contributed by atoms with Crippen LogP contribution in [-0.4, -0.2) is 35.0 Å². The van der Waals surface area contributed by atoms with Gasteiger partial charge in [0.15, 0.2) is 0 Å². The van der Waals surface area contributed by atoms with Gasteiger partial charge in [-0.2, -0.15) is 13.2 Å². The minimum atomic E-state index is -4.52. The van der Waals surface area contributed by atoms with Gasteiger partial charge in [0.2, 0.25) is 11.8 Å². The lowest BCUT2D eigenvalue weighted by molar-refractivity contribution is -0.137. The molecule has 2 bridgehead atoms. The molecule has 1 spiro atoms. The molecule has 1 aromatic heterocycles. The number of amides is 2. The maximum Gasteiger partial charge on any atom is 0.416 e. The Morgan fingerprint density at radius 1 is 1.26 bits per heavy atom. The van der Waals surface area contributed by atoms with Crippen molar-refractivity contribution in [1.29, 1.82) is 0 Å². The van der Waals surface area contributed by atoms with Gasteiger partial charge in [-0.3, -0.25) is 14.6 Å². The van der Waals surface area contributed by atoms with Crippen LogP contribution in [0.1, 0.15) is 11.3 Å². The van der Waals surface area contributed by atoms with Crippen LogP contribution in [0.4, 0.5) is 18.9 Å². The quantitative estimate of drug-likeness (QED) is 0.759. The van der Waals surface area contributed by atoms with Gasteiger partial charge in [0.05, 0.1) is 42.3 Å². The topological polar surface area (TPSA) is 71.5 Å². The Bertz CT molecular complexity index is 1070. The highest BCUT2D eigenvalue weighted by atomic mass is 19.4. The lowest BCUT2D eigenvalue weighted by atomic mass is 9.77. The van der Waals surface area contributed by atoms with Crippen molar-refractivity contribution >= 4 is 17.5 Å². The summed E-state index contributed by atoms with van der Waals surface area (Å²) in [6.45, 7) is 0.271. The van der Waals surface area contributed by atoms with Crippen molar-refractivity contribution in [2.75, 3.05) is 11.4 Å². The Morgan fingerprint density at radius 3 is 2.84 bits per heavy atom. The summed E-state index contributed by atoms with van der Waals surface area (Å²) < 4.78 is 45.4. The second-order valence-corrected chi connectivity index (χ2v) is 7.91. The predicted molar refractivity (Wildman–Crippen MR) is 104 cm³/mol. The second-order valence-electron chi connectivity index (χ2n) is 7.91. The molecule has 4 atom stereocenters. The first-order valence-electron chi connectivity index (χ1n) is 9.82. The van der Waals surface area contributed by atoms with Crippen LogP contribution in [0.3, 0.4) is 0 Å². The van der Waals surface area contributed by atoms with E-state index in [0.717, 1.165) is 12.1 Å². The van der Waals surface area contributed by atoms with Crippen molar-refractivity contribution < 1.29 is 27.5 Å². The zero-order valence-corrected chi connectivity index (χ0v) is 16.2. The zero-order valence-electron chi connectivity index (χ0n) is 16.2. The molecule has 3 aliphatic rings. The molecule has 160 valence electrons. The minimum Gasteiger partial charge on any atom is -0.360 e. The summed E-state index contributed by atoms with van der Waals surface area (Å²) in [4.78, 5) is 31.7. The van der Waals surface area contributed by atoms with Crippen LogP contribution in [0.5, 0.6) is 0 Å². The number of nitrogens with zero attached hydrogens (tertiary/aromatic N) is 2. The maximum absolute atomic E-state index is 13.3. The van der Waals surface area contributed by atoms with Crippen LogP contribution in [0.2, 0.25) is 0 Å². The van der Waals surface area contributed by atoms with Crippen LogP contribution in [-0.2, 0) is 27.0 Å². The number of hydrogen-bond acceptors (Lipinski definition) is 4. The highest BCUT2D eigenvalue weighted by Gasteiger charge is 2.67. The average Bonchev–Trinajstić information content (AvgIpc) is 3.40. The fraction of sp³-hybridized carbons (Fsp3) is 0.318. The Labute approximate surface area is 175 Å². The van der Waals surface area contributed by atoms with Gasteiger partial charge in [-0.1, -0.05) is 24.3 Å². The van der Waals surface area contributed by atoms with E-state index in [9.17, 15) is 22.8 Å². The Hall–Kier alpha value is -3.20. The maximum atomic E-state index is 13.3. The number of halogens is 3. The largest absolute Gasteiger partial charge is 0.416 e. The molecule has 0 radical (unpaired) electrons. The number of alkyl halides is 3. The van der Waals surface area contributed by atoms with E-state index in [-0.39, 0.29) is 24.7 Å². The van der Waals surface area contributed by atoms with Crippen LogP contribution in [0.25, 0.3) is 0 Å². The van der Waals surface area contributed by atoms with E-state index in [1.165, 1.54) is 17.0 Å². The van der Waals surface area contributed by atoms with E-state index >= 15 is 0 Å². The second kappa shape index (κ2) is 6.91. The first-order chi connectivity index (χ1) is 14.8. The molecular weight excluding hydrogens is 411 g/mol. The predicted octanol–water partition coefficient (Wildman–Crippen LogP) is 2.70. The van der Waals surface area contributed by atoms with Crippen molar-refractivity contribution in [3.8, 4) is 0 Å². The number of hydrogen-bond donors (Lipinski definition) is 1. The molecule has 0 aliphatic carbocycles. The summed E-state index contributed by atoms with van der Waals surface area (Å²) in [6, 6.07) is 9.97. The van der Waals surface area contributed by atoms with Gasteiger partial charge in [0.1, 0.15) is 5.60 Å². The number of rotatable bonds is 4. The molecule has 1 N–H and O–H groups in total. The third-order valence-corrected chi connectivity index (χ3v) is 6.06. The number of carbonyl (C=O) groups excluding carboxylic acids is 2. The summed E-state index contributed by atoms with van der Waals surface area (Å²) in [7, 11) is 0. The lowest BCUT2D eigenvalue weighted by Crippen LogP contribution is -2.44. The first-order valence-corrected chi connectivity index (χ1v) is 9.82. The molecule has 9 heteroatoms. The van der Waals surface area contributed by atoms with Gasteiger partial charge in [-0.25, -0.2) is 0 Å². The van der Waals surface area contributed by atoms with Crippen molar-refractivity contribution in [3.05, 3.63) is 72.1 Å². The van der Waals surface area contributed by atoms with E-state index < -0.39 is 41.2 Å². The molecule has 2 fully saturated rings. The average molecular weight is 429 g/mol. The fourth-order valence-corrected chi connectivity index (χ4v) is 4.66. The molecular formula is C22H18F3N3O3. The smallest absolute Gasteiger partial charge is 0.360 e. The number of ether oxygens (including phenoxy) is 1. The Morgan fingerprint density at radius 2 is 2.10 bits per heavy atom. The SMILES string of the molecule is O=C(NCc1ccccn1)[C@H]1[C@H]2C=C[C@@]3(CN(c4cccc(C(F)(F)F)c4)C(=O)[C@@H]13)O2. The van der Waals surface area contributed by atoms with Crippen molar-refractivity contribution in [2.24, 2.45) is 11.8 Å². The third-order valence-electron chi connectivity index (χ3n) is 6.06. The Kier molecular flexibility index (Phi) is 4.40. The summed E-state index contributed by atoms with van der Waals surface area (Å²) in [5, 5.41) is 2.80. The molecule has 31 heavy (non-hydrogen) atoms. The molecule has 3 aliphatic heterocycles. The number of pyridine rings is 1. The summed E-state index contributed by atoms with van der Waals surface area (Å²) in [5.74, 6) is -2.30. The number of benzene rings is 1. The number of carbonyl (C=O) groups is 2. The van der Waals surface area contributed by atoms with E-state index in [4.69, 9.17) is 4.74 Å². The number of anilines is 1. The molecule has 2 amide bonds. The first kappa shape index (κ1) is 19.7. The molecule has 0 saturated carbocycles. The molecule has 1 aromatic carbocycles. The van der Waals surface area contributed by atoms with Gasteiger partial charge in [0.25, 0.3) is 0 Å². The monoisotopic (exact) mass is 429 g/mol. The van der Waals surface area contributed by atoms with Crippen molar-refractivity contribution in [3.63, 3.8) is 0 Å². The summed E-state index contributed by atoms with van der Waals surface area (Å²) in [6.07, 6.45) is 0.0745. The van der Waals surface area contributed by atoms with Crippen LogP contribution in [0, 0.1) is 11.8 Å². The van der Waals surface area contributed by atoms with Gasteiger partial charge in [-0.05, 0) is 30.3 Å². The zero-order chi connectivity index (χ0) is 21.8. The molecule has 6 nitrogen and oxygen atoms in total. The Balaban J connectivity index is 1.39. The minimum absolute atomic E-state index is 0.0643. The van der Waals surface area contributed by atoms with Gasteiger partial charge in [-0.15, -0.1) is 0 Å². The molecule has 5 rings (SSSR count).